The Morgan fingerprint density at radius 3 is 2.31 bits per heavy atom. The topological polar surface area (TPSA) is 58.6 Å². The Bertz CT molecular complexity index is 1150. The molecule has 0 saturated carbocycles. The Morgan fingerprint density at radius 2 is 1.67 bits per heavy atom. The molecule has 2 amide bonds. The molecule has 5 nitrogen and oxygen atoms in total. The molecule has 0 fully saturated rings. The van der Waals surface area contributed by atoms with Gasteiger partial charge in [0.25, 0.3) is 5.91 Å². The van der Waals surface area contributed by atoms with Gasteiger partial charge in [0.2, 0.25) is 5.91 Å². The number of carbonyl (C=O) groups excluding carboxylic acids is 2. The van der Waals surface area contributed by atoms with Crippen LogP contribution in [0.3, 0.4) is 0 Å². The van der Waals surface area contributed by atoms with Crippen LogP contribution in [0.2, 0.25) is 5.02 Å². The van der Waals surface area contributed by atoms with E-state index in [4.69, 9.17) is 16.3 Å². The molecule has 3 aromatic rings. The summed E-state index contributed by atoms with van der Waals surface area (Å²) in [7, 11) is 0. The van der Waals surface area contributed by atoms with Crippen molar-refractivity contribution >= 4 is 23.4 Å². The van der Waals surface area contributed by atoms with E-state index in [1.165, 1.54) is 0 Å². The van der Waals surface area contributed by atoms with Crippen LogP contribution in [0.1, 0.15) is 42.5 Å². The Hall–Kier alpha value is -3.31. The van der Waals surface area contributed by atoms with Crippen LogP contribution in [0.25, 0.3) is 0 Å². The van der Waals surface area contributed by atoms with Crippen LogP contribution in [0.15, 0.2) is 72.8 Å². The first-order chi connectivity index (χ1) is 17.3. The van der Waals surface area contributed by atoms with Gasteiger partial charge in [-0.2, -0.15) is 0 Å². The molecule has 2 unspecified atom stereocenters. The van der Waals surface area contributed by atoms with E-state index in [2.05, 4.69) is 5.32 Å². The second-order valence-electron chi connectivity index (χ2n) is 9.23. The summed E-state index contributed by atoms with van der Waals surface area (Å²) in [6.45, 7) is 8.05. The number of nitrogens with one attached hydrogen (secondary N) is 1. The zero-order chi connectivity index (χ0) is 26.1. The molecule has 0 aliphatic heterocycles. The molecule has 0 aliphatic carbocycles. The molecule has 0 heterocycles. The largest absolute Gasteiger partial charge is 0.483 e. The summed E-state index contributed by atoms with van der Waals surface area (Å²) in [6, 6.07) is 22.2. The van der Waals surface area contributed by atoms with E-state index in [9.17, 15) is 9.59 Å². The first-order valence-corrected chi connectivity index (χ1v) is 12.7. The number of rotatable bonds is 11. The summed E-state index contributed by atoms with van der Waals surface area (Å²) >= 11 is 6.08. The average Bonchev–Trinajstić information content (AvgIpc) is 2.87. The highest BCUT2D eigenvalue weighted by molar-refractivity contribution is 6.30. The highest BCUT2D eigenvalue weighted by atomic mass is 35.5. The van der Waals surface area contributed by atoms with Gasteiger partial charge < -0.3 is 15.0 Å². The summed E-state index contributed by atoms with van der Waals surface area (Å²) in [5.41, 5.74) is 3.95. The van der Waals surface area contributed by atoms with Crippen LogP contribution in [0.4, 0.5) is 0 Å². The maximum atomic E-state index is 13.7. The van der Waals surface area contributed by atoms with E-state index >= 15 is 0 Å². The lowest BCUT2D eigenvalue weighted by Gasteiger charge is -2.32. The fourth-order valence-corrected chi connectivity index (χ4v) is 4.09. The van der Waals surface area contributed by atoms with Crippen molar-refractivity contribution in [3.05, 3.63) is 100 Å². The Kier molecular flexibility index (Phi) is 9.95. The van der Waals surface area contributed by atoms with E-state index < -0.39 is 6.04 Å². The second kappa shape index (κ2) is 13.1. The summed E-state index contributed by atoms with van der Waals surface area (Å²) < 4.78 is 5.93. The first-order valence-electron chi connectivity index (χ1n) is 12.3. The Balaban J connectivity index is 1.91. The molecule has 3 rings (SSSR count). The molecule has 190 valence electrons. The van der Waals surface area contributed by atoms with E-state index in [0.717, 1.165) is 28.7 Å². The first kappa shape index (κ1) is 27.3. The highest BCUT2D eigenvalue weighted by Crippen LogP contribution is 2.21. The minimum Gasteiger partial charge on any atom is -0.483 e. The van der Waals surface area contributed by atoms with Gasteiger partial charge >= 0.3 is 0 Å². The lowest BCUT2D eigenvalue weighted by molar-refractivity contribution is -0.143. The molecule has 36 heavy (non-hydrogen) atoms. The average molecular weight is 507 g/mol. The normalized spacial score (nSPS) is 12.5. The molecule has 6 heteroatoms. The third kappa shape index (κ3) is 7.85. The van der Waals surface area contributed by atoms with E-state index in [1.54, 1.807) is 17.0 Å². The molecule has 1 N–H and O–H groups in total. The molecule has 0 spiro atoms. The predicted molar refractivity (Wildman–Crippen MR) is 145 cm³/mol. The molecule has 0 aliphatic rings. The molecule has 3 aromatic carbocycles. The fourth-order valence-electron chi connectivity index (χ4n) is 3.97. The molecule has 0 saturated heterocycles. The van der Waals surface area contributed by atoms with E-state index in [1.807, 2.05) is 88.4 Å². The van der Waals surface area contributed by atoms with Crippen LogP contribution in [-0.2, 0) is 22.6 Å². The molecule has 2 atom stereocenters. The predicted octanol–water partition coefficient (Wildman–Crippen LogP) is 5.89. The molecular formula is C30H35ClN2O3. The monoisotopic (exact) mass is 506 g/mol. The van der Waals surface area contributed by atoms with Crippen LogP contribution in [0, 0.1) is 13.8 Å². The van der Waals surface area contributed by atoms with Gasteiger partial charge in [-0.05, 0) is 62.1 Å². The van der Waals surface area contributed by atoms with Gasteiger partial charge in [0.15, 0.2) is 6.61 Å². The summed E-state index contributed by atoms with van der Waals surface area (Å²) in [5, 5.41) is 3.69. The van der Waals surface area contributed by atoms with Gasteiger partial charge in [0.1, 0.15) is 11.8 Å². The second-order valence-corrected chi connectivity index (χ2v) is 9.67. The van der Waals surface area contributed by atoms with Crippen LogP contribution >= 0.6 is 11.6 Å². The van der Waals surface area contributed by atoms with Crippen molar-refractivity contribution in [1.82, 2.24) is 10.2 Å². The lowest BCUT2D eigenvalue weighted by Crippen LogP contribution is -2.53. The number of ether oxygens (including phenoxy) is 1. The minimum absolute atomic E-state index is 0.00489. The maximum Gasteiger partial charge on any atom is 0.261 e. The van der Waals surface area contributed by atoms with Gasteiger partial charge in [-0.25, -0.2) is 0 Å². The van der Waals surface area contributed by atoms with Crippen LogP contribution < -0.4 is 10.1 Å². The van der Waals surface area contributed by atoms with Gasteiger partial charge in [-0.3, -0.25) is 9.59 Å². The van der Waals surface area contributed by atoms with E-state index in [0.29, 0.717) is 17.2 Å². The maximum absolute atomic E-state index is 13.7. The number of carbonyl (C=O) groups is 2. The van der Waals surface area contributed by atoms with Gasteiger partial charge in [-0.15, -0.1) is 0 Å². The summed E-state index contributed by atoms with van der Waals surface area (Å²) in [4.78, 5) is 28.8. The Morgan fingerprint density at radius 1 is 0.972 bits per heavy atom. The summed E-state index contributed by atoms with van der Waals surface area (Å²) in [6.07, 6.45) is 1.19. The third-order valence-corrected chi connectivity index (χ3v) is 6.47. The van der Waals surface area contributed by atoms with Gasteiger partial charge in [0.05, 0.1) is 0 Å². The summed E-state index contributed by atoms with van der Waals surface area (Å²) in [5.74, 6) is 0.219. The SMILES string of the molecule is CCC(C)NC(=O)C(Cc1ccccc1)N(Cc1ccc(Cl)cc1)C(=O)COc1ccc(C)cc1C. The van der Waals surface area contributed by atoms with Crippen molar-refractivity contribution in [2.45, 2.75) is 59.2 Å². The fraction of sp³-hybridized carbons (Fsp3) is 0.333. The van der Waals surface area contributed by atoms with Crippen molar-refractivity contribution in [1.29, 1.82) is 0 Å². The number of hydrogen-bond acceptors (Lipinski definition) is 3. The molecule has 0 aromatic heterocycles. The van der Waals surface area contributed by atoms with Crippen molar-refractivity contribution in [3.63, 3.8) is 0 Å². The zero-order valence-corrected chi connectivity index (χ0v) is 22.2. The molecule has 0 bridgehead atoms. The molecular weight excluding hydrogens is 472 g/mol. The smallest absolute Gasteiger partial charge is 0.261 e. The quantitative estimate of drug-likeness (QED) is 0.352. The van der Waals surface area contributed by atoms with Gasteiger partial charge in [-0.1, -0.05) is 78.7 Å². The number of amides is 2. The highest BCUT2D eigenvalue weighted by Gasteiger charge is 2.31. The zero-order valence-electron chi connectivity index (χ0n) is 21.5. The number of halogens is 1. The number of aryl methyl sites for hydroxylation is 2. The third-order valence-electron chi connectivity index (χ3n) is 6.22. The number of nitrogens with zero attached hydrogens (tertiary/aromatic N) is 1. The van der Waals surface area contributed by atoms with Crippen molar-refractivity contribution in [2.24, 2.45) is 0 Å². The minimum atomic E-state index is -0.702. The van der Waals surface area contributed by atoms with Crippen molar-refractivity contribution in [3.8, 4) is 5.75 Å². The van der Waals surface area contributed by atoms with Crippen LogP contribution in [-0.4, -0.2) is 35.4 Å². The van der Waals surface area contributed by atoms with Crippen molar-refractivity contribution in [2.75, 3.05) is 6.61 Å². The lowest BCUT2D eigenvalue weighted by atomic mass is 10.0. The Labute approximate surface area is 219 Å². The number of hydrogen-bond donors (Lipinski definition) is 1. The van der Waals surface area contributed by atoms with Gasteiger partial charge in [0, 0.05) is 24.0 Å². The van der Waals surface area contributed by atoms with Crippen molar-refractivity contribution < 1.29 is 14.3 Å². The van der Waals surface area contributed by atoms with E-state index in [-0.39, 0.29) is 31.0 Å². The standard InChI is InChI=1S/C30H35ClN2O3/c1-5-23(4)32-30(35)27(18-24-9-7-6-8-10-24)33(19-25-12-14-26(31)15-13-25)29(34)20-36-28-16-11-21(2)17-22(28)3/h6-17,23,27H,5,18-20H2,1-4H3,(H,32,35). The van der Waals surface area contributed by atoms with Crippen LogP contribution in [0.5, 0.6) is 5.75 Å². The molecule has 0 radical (unpaired) electrons. The number of benzene rings is 3.